The van der Waals surface area contributed by atoms with E-state index < -0.39 is 15.8 Å². The highest BCUT2D eigenvalue weighted by atomic mass is 35.6. The van der Waals surface area contributed by atoms with Crippen molar-refractivity contribution < 1.29 is 19.0 Å². The van der Waals surface area contributed by atoms with Gasteiger partial charge in [0.15, 0.2) is 11.5 Å². The second kappa shape index (κ2) is 5.97. The van der Waals surface area contributed by atoms with Gasteiger partial charge < -0.3 is 14.2 Å². The molecule has 1 aliphatic heterocycles. The number of amides is 1. The molecule has 0 spiro atoms. The van der Waals surface area contributed by atoms with Crippen molar-refractivity contribution in [2.24, 2.45) is 0 Å². The molecule has 1 aromatic rings. The molecule has 21 heavy (non-hydrogen) atoms. The molecule has 1 heterocycles. The summed E-state index contributed by atoms with van der Waals surface area (Å²) in [6, 6.07) is 2.76. The molecule has 1 aromatic carbocycles. The molecule has 0 radical (unpaired) electrons. The van der Waals surface area contributed by atoms with E-state index in [2.05, 4.69) is 5.32 Å². The van der Waals surface area contributed by atoms with Crippen molar-refractivity contribution in [1.82, 2.24) is 5.32 Å². The Morgan fingerprint density at radius 2 is 1.71 bits per heavy atom. The Labute approximate surface area is 145 Å². The van der Waals surface area contributed by atoms with Gasteiger partial charge in [-0.3, -0.25) is 0 Å². The van der Waals surface area contributed by atoms with Gasteiger partial charge in [-0.1, -0.05) is 58.0 Å². The van der Waals surface area contributed by atoms with Crippen LogP contribution in [0.1, 0.15) is 6.92 Å². The molecule has 1 N–H and O–H groups in total. The van der Waals surface area contributed by atoms with Crippen LogP contribution in [0.2, 0.25) is 10.0 Å². The largest absolute Gasteiger partial charge is 0.450 e. The SMILES string of the molecule is CCOC(=O)NC1(C(Cl)(Cl)Cl)Oc2cc(Cl)c(Cl)cc2O1. The molecule has 5 nitrogen and oxygen atoms in total. The van der Waals surface area contributed by atoms with Crippen LogP contribution in [0.5, 0.6) is 11.5 Å². The van der Waals surface area contributed by atoms with E-state index in [4.69, 9.17) is 72.2 Å². The van der Waals surface area contributed by atoms with Crippen LogP contribution < -0.4 is 14.8 Å². The number of benzene rings is 1. The first kappa shape index (κ1) is 16.9. The summed E-state index contributed by atoms with van der Waals surface area (Å²) in [4.78, 5) is 11.6. The summed E-state index contributed by atoms with van der Waals surface area (Å²) in [5.74, 6) is -1.78. The summed E-state index contributed by atoms with van der Waals surface area (Å²) in [6.45, 7) is 1.73. The minimum atomic E-state index is -2.16. The van der Waals surface area contributed by atoms with Crippen LogP contribution >= 0.6 is 58.0 Å². The number of rotatable bonds is 2. The van der Waals surface area contributed by atoms with Crippen molar-refractivity contribution in [3.63, 3.8) is 0 Å². The molecule has 1 amide bonds. The van der Waals surface area contributed by atoms with Gasteiger partial charge in [0.2, 0.25) is 0 Å². The zero-order valence-electron chi connectivity index (χ0n) is 10.4. The number of ether oxygens (including phenoxy) is 3. The van der Waals surface area contributed by atoms with E-state index in [1.807, 2.05) is 0 Å². The lowest BCUT2D eigenvalue weighted by Crippen LogP contribution is -2.63. The van der Waals surface area contributed by atoms with Gasteiger partial charge in [-0.15, -0.1) is 0 Å². The van der Waals surface area contributed by atoms with Crippen LogP contribution in [0.15, 0.2) is 12.1 Å². The lowest BCUT2D eigenvalue weighted by molar-refractivity contribution is -0.0989. The van der Waals surface area contributed by atoms with Gasteiger partial charge >= 0.3 is 12.0 Å². The highest BCUT2D eigenvalue weighted by Crippen LogP contribution is 2.50. The summed E-state index contributed by atoms with van der Waals surface area (Å²) < 4.78 is 13.5. The Bertz CT molecular complexity index is 543. The number of carbonyl (C=O) groups is 1. The van der Waals surface area contributed by atoms with Gasteiger partial charge in [0.25, 0.3) is 3.79 Å². The molecular weight excluding hydrogens is 387 g/mol. The molecule has 0 fully saturated rings. The highest BCUT2D eigenvalue weighted by Gasteiger charge is 2.60. The van der Waals surface area contributed by atoms with Crippen molar-refractivity contribution in [3.8, 4) is 11.5 Å². The van der Waals surface area contributed by atoms with Crippen LogP contribution in [0, 0.1) is 0 Å². The van der Waals surface area contributed by atoms with E-state index in [9.17, 15) is 4.79 Å². The number of halogens is 5. The number of fused-ring (bicyclic) bond motifs is 1. The van der Waals surface area contributed by atoms with Gasteiger partial charge in [-0.2, -0.15) is 0 Å². The van der Waals surface area contributed by atoms with Crippen LogP contribution in [0.3, 0.4) is 0 Å². The molecule has 0 bridgehead atoms. The Kier molecular flexibility index (Phi) is 4.81. The first-order chi connectivity index (χ1) is 9.68. The maximum atomic E-state index is 11.6. The van der Waals surface area contributed by atoms with Crippen molar-refractivity contribution in [2.45, 2.75) is 16.6 Å². The number of hydrogen-bond acceptors (Lipinski definition) is 4. The monoisotopic (exact) mass is 393 g/mol. The Morgan fingerprint density at radius 3 is 2.10 bits per heavy atom. The average molecular weight is 395 g/mol. The first-order valence-electron chi connectivity index (χ1n) is 5.57. The zero-order chi connectivity index (χ0) is 15.8. The summed E-state index contributed by atoms with van der Waals surface area (Å²) in [5.41, 5.74) is 0. The standard InChI is InChI=1S/C11H8Cl5NO4/c1-2-19-9(18)17-11(10(14,15)16)20-7-3-5(12)6(13)4-8(7)21-11/h3-4H,2H2,1H3,(H,17,18). The van der Waals surface area contributed by atoms with Gasteiger partial charge in [0.05, 0.1) is 16.7 Å². The molecule has 0 aliphatic carbocycles. The topological polar surface area (TPSA) is 56.8 Å². The molecule has 0 aromatic heterocycles. The lowest BCUT2D eigenvalue weighted by atomic mass is 10.3. The van der Waals surface area contributed by atoms with E-state index in [0.717, 1.165) is 0 Å². The summed E-state index contributed by atoms with van der Waals surface area (Å²) in [5, 5.41) is 2.67. The molecule has 0 atom stereocenters. The highest BCUT2D eigenvalue weighted by molar-refractivity contribution is 6.68. The number of alkyl halides is 3. The second-order valence-electron chi connectivity index (χ2n) is 3.88. The fourth-order valence-corrected chi connectivity index (χ4v) is 2.22. The fraction of sp³-hybridized carbons (Fsp3) is 0.364. The molecule has 0 saturated carbocycles. The molecule has 0 unspecified atom stereocenters. The third-order valence-electron chi connectivity index (χ3n) is 2.41. The lowest BCUT2D eigenvalue weighted by Gasteiger charge is -2.32. The molecule has 0 saturated heterocycles. The van der Waals surface area contributed by atoms with Gasteiger partial charge in [0.1, 0.15) is 0 Å². The summed E-state index contributed by atoms with van der Waals surface area (Å²) in [6.07, 6.45) is -0.881. The average Bonchev–Trinajstić information content (AvgIpc) is 2.68. The van der Waals surface area contributed by atoms with Crippen LogP contribution in [0.25, 0.3) is 0 Å². The number of alkyl carbamates (subject to hydrolysis) is 1. The van der Waals surface area contributed by atoms with E-state index in [1.165, 1.54) is 12.1 Å². The number of carbonyl (C=O) groups excluding carboxylic acids is 1. The minimum Gasteiger partial charge on any atom is -0.450 e. The normalized spacial score (nSPS) is 15.7. The molecular formula is C11H8Cl5NO4. The molecule has 116 valence electrons. The fourth-order valence-electron chi connectivity index (χ4n) is 1.54. The smallest absolute Gasteiger partial charge is 0.413 e. The Hall–Kier alpha value is -0.460. The first-order valence-corrected chi connectivity index (χ1v) is 7.46. The van der Waals surface area contributed by atoms with Crippen molar-refractivity contribution in [1.29, 1.82) is 0 Å². The summed E-state index contributed by atoms with van der Waals surface area (Å²) in [7, 11) is 0. The quantitative estimate of drug-likeness (QED) is 0.748. The van der Waals surface area contributed by atoms with Crippen molar-refractivity contribution in [3.05, 3.63) is 22.2 Å². The predicted molar refractivity (Wildman–Crippen MR) is 80.9 cm³/mol. The van der Waals surface area contributed by atoms with Crippen LogP contribution in [-0.2, 0) is 4.74 Å². The van der Waals surface area contributed by atoms with Crippen molar-refractivity contribution in [2.75, 3.05) is 6.61 Å². The molecule has 1 aliphatic rings. The third-order valence-corrected chi connectivity index (χ3v) is 3.88. The van der Waals surface area contributed by atoms with Crippen molar-refractivity contribution >= 4 is 64.1 Å². The maximum absolute atomic E-state index is 11.6. The maximum Gasteiger partial charge on any atom is 0.413 e. The van der Waals surface area contributed by atoms with E-state index >= 15 is 0 Å². The van der Waals surface area contributed by atoms with E-state index in [1.54, 1.807) is 6.92 Å². The Balaban J connectivity index is 2.36. The number of nitrogens with one attached hydrogen (secondary N) is 1. The minimum absolute atomic E-state index is 0.117. The summed E-state index contributed by atoms with van der Waals surface area (Å²) >= 11 is 29.3. The zero-order valence-corrected chi connectivity index (χ0v) is 14.2. The van der Waals surface area contributed by atoms with Crippen LogP contribution in [0.4, 0.5) is 4.79 Å². The second-order valence-corrected chi connectivity index (χ2v) is 6.97. The van der Waals surface area contributed by atoms with E-state index in [0.29, 0.717) is 0 Å². The molecule has 10 heteroatoms. The van der Waals surface area contributed by atoms with Gasteiger partial charge in [-0.25, -0.2) is 10.1 Å². The van der Waals surface area contributed by atoms with Gasteiger partial charge in [-0.05, 0) is 6.92 Å². The Morgan fingerprint density at radius 1 is 1.24 bits per heavy atom. The van der Waals surface area contributed by atoms with Gasteiger partial charge in [0, 0.05) is 12.1 Å². The third kappa shape index (κ3) is 3.32. The van der Waals surface area contributed by atoms with Crippen LogP contribution in [-0.4, -0.2) is 22.4 Å². The molecule has 2 rings (SSSR count). The predicted octanol–water partition coefficient (Wildman–Crippen LogP) is 4.53. The van der Waals surface area contributed by atoms with E-state index in [-0.39, 0.29) is 28.2 Å². The number of hydrogen-bond donors (Lipinski definition) is 1.